The van der Waals surface area contributed by atoms with E-state index in [-0.39, 0.29) is 6.61 Å². The lowest BCUT2D eigenvalue weighted by atomic mass is 9.99. The van der Waals surface area contributed by atoms with Crippen molar-refractivity contribution in [2.24, 2.45) is 0 Å². The molecule has 0 aliphatic carbocycles. The van der Waals surface area contributed by atoms with Crippen LogP contribution in [0.4, 0.5) is 0 Å². The molecule has 10 nitrogen and oxygen atoms in total. The number of carbonyl (C=O) groups excluding carboxylic acids is 1. The molecule has 0 spiro atoms. The van der Waals surface area contributed by atoms with Crippen LogP contribution in [0.5, 0.6) is 0 Å². The van der Waals surface area contributed by atoms with E-state index >= 15 is 0 Å². The third kappa shape index (κ3) is 27.9. The van der Waals surface area contributed by atoms with Gasteiger partial charge in [-0.2, -0.15) is 0 Å². The summed E-state index contributed by atoms with van der Waals surface area (Å²) in [6.07, 6.45) is 34.0. The third-order valence-electron chi connectivity index (χ3n) is 11.4. The third-order valence-corrected chi connectivity index (χ3v) is 11.4. The molecule has 8 atom stereocenters. The van der Waals surface area contributed by atoms with Gasteiger partial charge in [0, 0.05) is 0 Å². The topological polar surface area (TPSA) is 169 Å². The summed E-state index contributed by atoms with van der Waals surface area (Å²) in [5.74, 6) is -0.621. The van der Waals surface area contributed by atoms with Crippen molar-refractivity contribution in [2.75, 3.05) is 13.2 Å². The van der Waals surface area contributed by atoms with E-state index in [1.165, 1.54) is 135 Å². The first kappa shape index (κ1) is 53.6. The van der Waals surface area contributed by atoms with Crippen LogP contribution in [0.25, 0.3) is 0 Å². The van der Waals surface area contributed by atoms with Crippen LogP contribution in [-0.4, -0.2) is 98.7 Å². The van der Waals surface area contributed by atoms with Crippen molar-refractivity contribution >= 4 is 5.91 Å². The lowest BCUT2D eigenvalue weighted by molar-refractivity contribution is -0.302. The Morgan fingerprint density at radius 2 is 1.02 bits per heavy atom. The SMILES string of the molecule is CCCCCCCCCC/C=C\CCCCCCCCC(O)C(=O)NC(COC1OC(CO)C(O)C(O)C1O)C(O)/C=C/CCCCCCCCCCCCCC. The van der Waals surface area contributed by atoms with Crippen molar-refractivity contribution in [1.29, 1.82) is 0 Å². The second kappa shape index (κ2) is 37.6. The molecule has 0 aromatic rings. The quantitative estimate of drug-likeness (QED) is 0.0237. The van der Waals surface area contributed by atoms with Gasteiger partial charge in [0.25, 0.3) is 0 Å². The van der Waals surface area contributed by atoms with Gasteiger partial charge in [-0.05, 0) is 44.9 Å². The smallest absolute Gasteiger partial charge is 0.249 e. The van der Waals surface area contributed by atoms with Crippen molar-refractivity contribution in [3.63, 3.8) is 0 Å². The molecule has 8 unspecified atom stereocenters. The van der Waals surface area contributed by atoms with Gasteiger partial charge >= 0.3 is 0 Å². The minimum Gasteiger partial charge on any atom is -0.394 e. The molecule has 1 amide bonds. The first-order valence-electron chi connectivity index (χ1n) is 23.7. The Balaban J connectivity index is 2.40. The molecule has 0 bridgehead atoms. The fourth-order valence-electron chi connectivity index (χ4n) is 7.45. The van der Waals surface area contributed by atoms with E-state index in [1.54, 1.807) is 6.08 Å². The molecule has 10 heteroatoms. The molecule has 1 fully saturated rings. The van der Waals surface area contributed by atoms with Crippen molar-refractivity contribution < 1.29 is 44.9 Å². The number of hydrogen-bond acceptors (Lipinski definition) is 9. The van der Waals surface area contributed by atoms with Crippen molar-refractivity contribution in [3.8, 4) is 0 Å². The Labute approximate surface area is 348 Å². The first-order chi connectivity index (χ1) is 27.8. The standard InChI is InChI=1S/C47H89NO9/c1-3-5-7-9-11-13-15-17-19-20-21-22-24-26-28-30-32-34-36-41(51)46(55)48-39(38-56-47-45(54)44(53)43(52)42(37-49)57-47)40(50)35-33-31-29-27-25-23-18-16-14-12-10-8-6-4-2/h20-21,33,35,39-45,47,49-54H,3-19,22-32,34,36-38H2,1-2H3,(H,48,55)/b21-20-,35-33+. The predicted octanol–water partition coefficient (Wildman–Crippen LogP) is 8.86. The van der Waals surface area contributed by atoms with Crippen LogP contribution >= 0.6 is 0 Å². The van der Waals surface area contributed by atoms with E-state index in [0.29, 0.717) is 12.8 Å². The number of allylic oxidation sites excluding steroid dienone is 3. The van der Waals surface area contributed by atoms with E-state index in [4.69, 9.17) is 9.47 Å². The highest BCUT2D eigenvalue weighted by molar-refractivity contribution is 5.80. The molecular formula is C47H89NO9. The number of nitrogens with one attached hydrogen (secondary N) is 1. The number of unbranched alkanes of at least 4 members (excludes halogenated alkanes) is 26. The van der Waals surface area contributed by atoms with Crippen LogP contribution in [0.1, 0.15) is 206 Å². The van der Waals surface area contributed by atoms with E-state index in [1.807, 2.05) is 6.08 Å². The van der Waals surface area contributed by atoms with Gasteiger partial charge in [-0.3, -0.25) is 4.79 Å². The van der Waals surface area contributed by atoms with Gasteiger partial charge < -0.3 is 45.4 Å². The molecule has 1 aliphatic heterocycles. The van der Waals surface area contributed by atoms with E-state index in [2.05, 4.69) is 31.3 Å². The monoisotopic (exact) mass is 812 g/mol. The fraction of sp³-hybridized carbons (Fsp3) is 0.894. The second-order valence-corrected chi connectivity index (χ2v) is 16.7. The highest BCUT2D eigenvalue weighted by Crippen LogP contribution is 2.23. The summed E-state index contributed by atoms with van der Waals surface area (Å²) >= 11 is 0. The van der Waals surface area contributed by atoms with Crippen LogP contribution < -0.4 is 5.32 Å². The average Bonchev–Trinajstić information content (AvgIpc) is 3.21. The number of ether oxygens (including phenoxy) is 2. The van der Waals surface area contributed by atoms with Crippen LogP contribution in [0.15, 0.2) is 24.3 Å². The van der Waals surface area contributed by atoms with Gasteiger partial charge in [-0.1, -0.05) is 186 Å². The maximum Gasteiger partial charge on any atom is 0.249 e. The van der Waals surface area contributed by atoms with Gasteiger partial charge in [0.15, 0.2) is 6.29 Å². The van der Waals surface area contributed by atoms with Gasteiger partial charge in [0.1, 0.15) is 30.5 Å². The Hall–Kier alpha value is -1.37. The van der Waals surface area contributed by atoms with Gasteiger partial charge in [-0.15, -0.1) is 0 Å². The molecule has 336 valence electrons. The minimum absolute atomic E-state index is 0.304. The molecule has 0 aromatic heterocycles. The van der Waals surface area contributed by atoms with Crippen molar-refractivity contribution in [1.82, 2.24) is 5.32 Å². The number of hydrogen-bond donors (Lipinski definition) is 7. The molecule has 0 saturated carbocycles. The number of amides is 1. The summed E-state index contributed by atoms with van der Waals surface area (Å²) in [6.45, 7) is 3.60. The average molecular weight is 812 g/mol. The highest BCUT2D eigenvalue weighted by atomic mass is 16.7. The number of carbonyl (C=O) groups is 1. The lowest BCUT2D eigenvalue weighted by Gasteiger charge is -2.40. The largest absolute Gasteiger partial charge is 0.394 e. The Bertz CT molecular complexity index is 963. The Kier molecular flexibility index (Phi) is 35.4. The van der Waals surface area contributed by atoms with Crippen LogP contribution in [-0.2, 0) is 14.3 Å². The second-order valence-electron chi connectivity index (χ2n) is 16.7. The zero-order valence-electron chi connectivity index (χ0n) is 36.5. The van der Waals surface area contributed by atoms with Crippen molar-refractivity contribution in [2.45, 2.75) is 255 Å². The highest BCUT2D eigenvalue weighted by Gasteiger charge is 2.44. The molecule has 1 heterocycles. The molecule has 0 aromatic carbocycles. The number of rotatable bonds is 39. The molecule has 1 saturated heterocycles. The molecule has 1 aliphatic rings. The van der Waals surface area contributed by atoms with Crippen LogP contribution in [0, 0.1) is 0 Å². The maximum atomic E-state index is 13.0. The van der Waals surface area contributed by atoms with E-state index in [0.717, 1.165) is 44.9 Å². The molecule has 7 N–H and O–H groups in total. The maximum absolute atomic E-state index is 13.0. The van der Waals surface area contributed by atoms with E-state index < -0.39 is 61.5 Å². The number of aliphatic hydroxyl groups excluding tert-OH is 6. The lowest BCUT2D eigenvalue weighted by Crippen LogP contribution is -2.60. The zero-order valence-corrected chi connectivity index (χ0v) is 36.5. The van der Waals surface area contributed by atoms with Gasteiger partial charge in [0.2, 0.25) is 5.91 Å². The van der Waals surface area contributed by atoms with E-state index in [9.17, 15) is 35.4 Å². The molecular weight excluding hydrogens is 723 g/mol. The fourth-order valence-corrected chi connectivity index (χ4v) is 7.45. The predicted molar refractivity (Wildman–Crippen MR) is 232 cm³/mol. The summed E-state index contributed by atoms with van der Waals surface area (Å²) in [5.41, 5.74) is 0. The van der Waals surface area contributed by atoms with Crippen molar-refractivity contribution in [3.05, 3.63) is 24.3 Å². The molecule has 57 heavy (non-hydrogen) atoms. The summed E-state index contributed by atoms with van der Waals surface area (Å²) < 4.78 is 11.1. The van der Waals surface area contributed by atoms with Crippen LogP contribution in [0.2, 0.25) is 0 Å². The summed E-state index contributed by atoms with van der Waals surface area (Å²) in [5, 5.41) is 64.7. The normalized spacial score (nSPS) is 21.7. The summed E-state index contributed by atoms with van der Waals surface area (Å²) in [6, 6.07) is -0.980. The summed E-state index contributed by atoms with van der Waals surface area (Å²) in [4.78, 5) is 13.0. The Morgan fingerprint density at radius 3 is 1.47 bits per heavy atom. The first-order valence-corrected chi connectivity index (χ1v) is 23.7. The zero-order chi connectivity index (χ0) is 41.8. The van der Waals surface area contributed by atoms with Crippen LogP contribution in [0.3, 0.4) is 0 Å². The Morgan fingerprint density at radius 1 is 0.596 bits per heavy atom. The van der Waals surface area contributed by atoms with Gasteiger partial charge in [0.05, 0.1) is 25.4 Å². The minimum atomic E-state index is -1.61. The van der Waals surface area contributed by atoms with Gasteiger partial charge in [-0.25, -0.2) is 0 Å². The number of aliphatic hydroxyl groups is 6. The molecule has 1 rings (SSSR count). The molecule has 0 radical (unpaired) electrons. The summed E-state index contributed by atoms with van der Waals surface area (Å²) in [7, 11) is 0.